The SMILES string of the molecule is CCCN(CCS(=O)(=O)CCC)C1(CN)CCCCC1. The Balaban J connectivity index is 2.71. The molecule has 4 nitrogen and oxygen atoms in total. The van der Waals surface area contributed by atoms with E-state index in [0.29, 0.717) is 25.3 Å². The molecule has 0 unspecified atom stereocenters. The van der Waals surface area contributed by atoms with Crippen molar-refractivity contribution >= 4 is 9.84 Å². The van der Waals surface area contributed by atoms with Crippen LogP contribution >= 0.6 is 0 Å². The van der Waals surface area contributed by atoms with Gasteiger partial charge < -0.3 is 5.73 Å². The third-order valence-electron chi connectivity index (χ3n) is 4.52. The van der Waals surface area contributed by atoms with Crippen LogP contribution in [0.25, 0.3) is 0 Å². The molecule has 1 saturated carbocycles. The monoisotopic (exact) mass is 304 g/mol. The fourth-order valence-corrected chi connectivity index (χ4v) is 4.70. The minimum atomic E-state index is -2.90. The van der Waals surface area contributed by atoms with Crippen molar-refractivity contribution in [3.8, 4) is 0 Å². The van der Waals surface area contributed by atoms with Crippen LogP contribution in [0.3, 0.4) is 0 Å². The summed E-state index contributed by atoms with van der Waals surface area (Å²) in [6, 6.07) is 0. The van der Waals surface area contributed by atoms with Gasteiger partial charge >= 0.3 is 0 Å². The van der Waals surface area contributed by atoms with Crippen LogP contribution in [0.1, 0.15) is 58.8 Å². The average molecular weight is 305 g/mol. The van der Waals surface area contributed by atoms with E-state index >= 15 is 0 Å². The predicted molar refractivity (Wildman–Crippen MR) is 85.7 cm³/mol. The summed E-state index contributed by atoms with van der Waals surface area (Å²) in [4.78, 5) is 2.37. The van der Waals surface area contributed by atoms with Crippen molar-refractivity contribution in [2.24, 2.45) is 5.73 Å². The first-order chi connectivity index (χ1) is 9.49. The average Bonchev–Trinajstić information content (AvgIpc) is 2.44. The zero-order valence-electron chi connectivity index (χ0n) is 13.2. The zero-order valence-corrected chi connectivity index (χ0v) is 14.1. The second-order valence-corrected chi connectivity index (χ2v) is 8.43. The van der Waals surface area contributed by atoms with E-state index in [4.69, 9.17) is 5.73 Å². The Hall–Kier alpha value is -0.130. The first kappa shape index (κ1) is 17.9. The molecule has 0 aromatic carbocycles. The minimum Gasteiger partial charge on any atom is -0.329 e. The summed E-state index contributed by atoms with van der Waals surface area (Å²) in [5, 5.41) is 0. The molecule has 1 aliphatic carbocycles. The highest BCUT2D eigenvalue weighted by Gasteiger charge is 2.36. The fraction of sp³-hybridized carbons (Fsp3) is 1.00. The molecule has 0 aromatic rings. The largest absolute Gasteiger partial charge is 0.329 e. The van der Waals surface area contributed by atoms with Gasteiger partial charge in [0.05, 0.1) is 5.75 Å². The van der Waals surface area contributed by atoms with Gasteiger partial charge in [-0.05, 0) is 32.2 Å². The van der Waals surface area contributed by atoms with Crippen molar-refractivity contribution < 1.29 is 8.42 Å². The molecule has 0 amide bonds. The quantitative estimate of drug-likeness (QED) is 0.709. The molecule has 0 spiro atoms. The highest BCUT2D eigenvalue weighted by Crippen LogP contribution is 2.33. The van der Waals surface area contributed by atoms with E-state index in [2.05, 4.69) is 11.8 Å². The lowest BCUT2D eigenvalue weighted by atomic mass is 9.80. The highest BCUT2D eigenvalue weighted by molar-refractivity contribution is 7.91. The van der Waals surface area contributed by atoms with Gasteiger partial charge in [0.25, 0.3) is 0 Å². The van der Waals surface area contributed by atoms with Crippen molar-refractivity contribution in [1.82, 2.24) is 4.90 Å². The molecule has 2 N–H and O–H groups in total. The van der Waals surface area contributed by atoms with Crippen LogP contribution in [0.4, 0.5) is 0 Å². The van der Waals surface area contributed by atoms with Gasteiger partial charge in [-0.1, -0.05) is 33.1 Å². The summed E-state index contributed by atoms with van der Waals surface area (Å²) >= 11 is 0. The van der Waals surface area contributed by atoms with Crippen molar-refractivity contribution in [3.63, 3.8) is 0 Å². The van der Waals surface area contributed by atoms with E-state index in [9.17, 15) is 8.42 Å². The second kappa shape index (κ2) is 8.35. The van der Waals surface area contributed by atoms with Gasteiger partial charge in [0.15, 0.2) is 9.84 Å². The first-order valence-corrected chi connectivity index (χ1v) is 9.97. The molecular weight excluding hydrogens is 272 g/mol. The van der Waals surface area contributed by atoms with Crippen LogP contribution < -0.4 is 5.73 Å². The lowest BCUT2D eigenvalue weighted by molar-refractivity contribution is 0.0626. The molecule has 1 fully saturated rings. The van der Waals surface area contributed by atoms with Gasteiger partial charge in [-0.2, -0.15) is 0 Å². The minimum absolute atomic E-state index is 0.0516. The molecular formula is C15H32N2O2S. The third kappa shape index (κ3) is 5.01. The molecule has 0 aromatic heterocycles. The summed E-state index contributed by atoms with van der Waals surface area (Å²) in [5.41, 5.74) is 6.13. The lowest BCUT2D eigenvalue weighted by Gasteiger charge is -2.46. The van der Waals surface area contributed by atoms with Crippen molar-refractivity contribution in [2.45, 2.75) is 64.3 Å². The van der Waals surface area contributed by atoms with Gasteiger partial charge in [-0.25, -0.2) is 8.42 Å². The summed E-state index contributed by atoms with van der Waals surface area (Å²) in [7, 11) is -2.90. The topological polar surface area (TPSA) is 63.4 Å². The Bertz CT molecular complexity index is 362. The number of hydrogen-bond donors (Lipinski definition) is 1. The highest BCUT2D eigenvalue weighted by atomic mass is 32.2. The van der Waals surface area contributed by atoms with Gasteiger partial charge in [-0.15, -0.1) is 0 Å². The van der Waals surface area contributed by atoms with Crippen LogP contribution in [-0.2, 0) is 9.84 Å². The Morgan fingerprint density at radius 2 is 1.65 bits per heavy atom. The zero-order chi connectivity index (χ0) is 15.1. The van der Waals surface area contributed by atoms with Crippen molar-refractivity contribution in [1.29, 1.82) is 0 Å². The number of sulfone groups is 1. The van der Waals surface area contributed by atoms with Crippen LogP contribution in [0.15, 0.2) is 0 Å². The fourth-order valence-electron chi connectivity index (χ4n) is 3.38. The Kier molecular flexibility index (Phi) is 7.48. The Labute approximate surface area is 125 Å². The molecule has 0 bridgehead atoms. The van der Waals surface area contributed by atoms with E-state index in [1.165, 1.54) is 19.3 Å². The lowest BCUT2D eigenvalue weighted by Crippen LogP contribution is -2.56. The van der Waals surface area contributed by atoms with Crippen molar-refractivity contribution in [3.05, 3.63) is 0 Å². The van der Waals surface area contributed by atoms with E-state index < -0.39 is 9.84 Å². The predicted octanol–water partition coefficient (Wildman–Crippen LogP) is 2.18. The maximum atomic E-state index is 12.0. The first-order valence-electron chi connectivity index (χ1n) is 8.15. The molecule has 120 valence electrons. The molecule has 0 heterocycles. The molecule has 0 saturated heterocycles. The molecule has 0 aliphatic heterocycles. The Morgan fingerprint density at radius 1 is 1.00 bits per heavy atom. The summed E-state index contributed by atoms with van der Waals surface area (Å²) < 4.78 is 23.9. The summed E-state index contributed by atoms with van der Waals surface area (Å²) in [6.45, 7) is 6.33. The second-order valence-electron chi connectivity index (χ2n) is 6.13. The molecule has 0 atom stereocenters. The normalized spacial score (nSPS) is 19.4. The van der Waals surface area contributed by atoms with Crippen molar-refractivity contribution in [2.75, 3.05) is 31.1 Å². The molecule has 5 heteroatoms. The van der Waals surface area contributed by atoms with E-state index in [-0.39, 0.29) is 11.3 Å². The molecule has 1 rings (SSSR count). The Morgan fingerprint density at radius 3 is 2.15 bits per heavy atom. The number of nitrogens with two attached hydrogens (primary N) is 1. The number of rotatable bonds is 9. The third-order valence-corrected chi connectivity index (χ3v) is 6.35. The smallest absolute Gasteiger partial charge is 0.151 e. The summed E-state index contributed by atoms with van der Waals surface area (Å²) in [6.07, 6.45) is 7.73. The number of hydrogen-bond acceptors (Lipinski definition) is 4. The molecule has 20 heavy (non-hydrogen) atoms. The van der Waals surface area contributed by atoms with E-state index in [1.807, 2.05) is 6.92 Å². The molecule has 1 aliphatic rings. The summed E-state index contributed by atoms with van der Waals surface area (Å²) in [5.74, 6) is 0.588. The van der Waals surface area contributed by atoms with E-state index in [0.717, 1.165) is 25.8 Å². The maximum Gasteiger partial charge on any atom is 0.151 e. The standard InChI is InChI=1S/C15H32N2O2S/c1-3-10-17(11-13-20(18,19)12-4-2)15(14-16)8-6-5-7-9-15/h3-14,16H2,1-2H3. The van der Waals surface area contributed by atoms with Crippen LogP contribution in [0, 0.1) is 0 Å². The maximum absolute atomic E-state index is 12.0. The van der Waals surface area contributed by atoms with Crippen LogP contribution in [0.2, 0.25) is 0 Å². The van der Waals surface area contributed by atoms with Gasteiger partial charge in [-0.3, -0.25) is 4.90 Å². The van der Waals surface area contributed by atoms with Gasteiger partial charge in [0, 0.05) is 24.4 Å². The van der Waals surface area contributed by atoms with Crippen LogP contribution in [-0.4, -0.2) is 50.0 Å². The molecule has 0 radical (unpaired) electrons. The van der Waals surface area contributed by atoms with E-state index in [1.54, 1.807) is 0 Å². The van der Waals surface area contributed by atoms with Gasteiger partial charge in [0.2, 0.25) is 0 Å². The van der Waals surface area contributed by atoms with Gasteiger partial charge in [0.1, 0.15) is 0 Å². The number of nitrogens with zero attached hydrogens (tertiary/aromatic N) is 1. The van der Waals surface area contributed by atoms with Crippen LogP contribution in [0.5, 0.6) is 0 Å².